The summed E-state index contributed by atoms with van der Waals surface area (Å²) in [5.74, 6) is 0.394. The first-order valence-electron chi connectivity index (χ1n) is 6.87. The summed E-state index contributed by atoms with van der Waals surface area (Å²) in [4.78, 5) is 11.4. The average Bonchev–Trinajstić information content (AvgIpc) is 2.78. The molecule has 2 N–H and O–H groups in total. The van der Waals surface area contributed by atoms with E-state index in [1.165, 1.54) is 11.1 Å². The van der Waals surface area contributed by atoms with Crippen molar-refractivity contribution in [1.29, 1.82) is 0 Å². The smallest absolute Gasteiger partial charge is 0.344 e. The van der Waals surface area contributed by atoms with Gasteiger partial charge in [0.1, 0.15) is 5.75 Å². The van der Waals surface area contributed by atoms with Crippen molar-refractivity contribution in [3.8, 4) is 5.75 Å². The van der Waals surface area contributed by atoms with Crippen LogP contribution in [0.4, 0.5) is 0 Å². The van der Waals surface area contributed by atoms with Gasteiger partial charge in [-0.15, -0.1) is 0 Å². The summed E-state index contributed by atoms with van der Waals surface area (Å²) in [6, 6.07) is 5.97. The third-order valence-corrected chi connectivity index (χ3v) is 3.36. The van der Waals surface area contributed by atoms with Gasteiger partial charge in [-0.25, -0.2) is 4.79 Å². The van der Waals surface area contributed by atoms with Crippen LogP contribution in [0.15, 0.2) is 18.2 Å². The van der Waals surface area contributed by atoms with Crippen LogP contribution in [-0.2, 0) is 16.0 Å². The highest BCUT2D eigenvalue weighted by Crippen LogP contribution is 2.31. The summed E-state index contributed by atoms with van der Waals surface area (Å²) in [5, 5.41) is 0. The van der Waals surface area contributed by atoms with E-state index < -0.39 is 0 Å². The molecular formula is C15H21NO3. The highest BCUT2D eigenvalue weighted by molar-refractivity contribution is 5.71. The third-order valence-electron chi connectivity index (χ3n) is 3.36. The van der Waals surface area contributed by atoms with Crippen LogP contribution in [0.3, 0.4) is 0 Å². The first kappa shape index (κ1) is 13.9. The van der Waals surface area contributed by atoms with Gasteiger partial charge >= 0.3 is 5.97 Å². The highest BCUT2D eigenvalue weighted by Gasteiger charge is 2.19. The number of carbonyl (C=O) groups is 1. The Bertz CT molecular complexity index is 445. The molecule has 0 unspecified atom stereocenters. The van der Waals surface area contributed by atoms with E-state index in [1.54, 1.807) is 0 Å². The zero-order valence-electron chi connectivity index (χ0n) is 11.4. The average molecular weight is 263 g/mol. The van der Waals surface area contributed by atoms with Gasteiger partial charge in [-0.1, -0.05) is 19.4 Å². The molecule has 1 aromatic carbocycles. The topological polar surface area (TPSA) is 61.5 Å². The molecule has 0 amide bonds. The number of ether oxygens (including phenoxy) is 2. The molecule has 104 valence electrons. The van der Waals surface area contributed by atoms with Crippen LogP contribution in [0.25, 0.3) is 0 Å². The molecule has 0 bridgehead atoms. The second kappa shape index (κ2) is 6.57. The number of nitrogens with two attached hydrogens (primary N) is 1. The fourth-order valence-corrected chi connectivity index (χ4v) is 2.23. The zero-order chi connectivity index (χ0) is 13.7. The molecule has 4 nitrogen and oxygen atoms in total. The predicted octanol–water partition coefficient (Wildman–Crippen LogP) is 2.35. The van der Waals surface area contributed by atoms with Crippen LogP contribution >= 0.6 is 0 Å². The number of hydrogen-bond donors (Lipinski definition) is 1. The Hall–Kier alpha value is -1.55. The van der Waals surface area contributed by atoms with Crippen molar-refractivity contribution in [1.82, 2.24) is 0 Å². The van der Waals surface area contributed by atoms with Gasteiger partial charge in [0, 0.05) is 6.04 Å². The minimum atomic E-state index is -0.314. The molecule has 1 aliphatic rings. The third kappa shape index (κ3) is 3.70. The van der Waals surface area contributed by atoms with Crippen LogP contribution < -0.4 is 10.5 Å². The van der Waals surface area contributed by atoms with E-state index >= 15 is 0 Å². The van der Waals surface area contributed by atoms with Crippen LogP contribution in [0, 0.1) is 0 Å². The van der Waals surface area contributed by atoms with E-state index in [4.69, 9.17) is 15.2 Å². The molecule has 0 saturated heterocycles. The number of rotatable bonds is 6. The zero-order valence-corrected chi connectivity index (χ0v) is 11.4. The first-order chi connectivity index (χ1) is 9.20. The van der Waals surface area contributed by atoms with Crippen molar-refractivity contribution >= 4 is 5.97 Å². The van der Waals surface area contributed by atoms with Gasteiger partial charge in [0.05, 0.1) is 6.61 Å². The predicted molar refractivity (Wildman–Crippen MR) is 73.1 cm³/mol. The molecule has 0 heterocycles. The molecule has 19 heavy (non-hydrogen) atoms. The molecule has 0 aliphatic heterocycles. The van der Waals surface area contributed by atoms with Crippen LogP contribution in [0.1, 0.15) is 43.4 Å². The highest BCUT2D eigenvalue weighted by atomic mass is 16.6. The summed E-state index contributed by atoms with van der Waals surface area (Å²) < 4.78 is 10.5. The number of unbranched alkanes of at least 4 members (excludes halogenated alkanes) is 1. The number of hydrogen-bond acceptors (Lipinski definition) is 4. The number of fused-ring (bicyclic) bond motifs is 1. The Morgan fingerprint density at radius 2 is 2.32 bits per heavy atom. The monoisotopic (exact) mass is 263 g/mol. The summed E-state index contributed by atoms with van der Waals surface area (Å²) in [7, 11) is 0. The number of carbonyl (C=O) groups excluding carboxylic acids is 1. The van der Waals surface area contributed by atoms with Crippen LogP contribution in [0.2, 0.25) is 0 Å². The molecule has 1 atom stereocenters. The SMILES string of the molecule is CCCCOC(=O)COc1ccc2c(c1)CC[C@@H]2N. The van der Waals surface area contributed by atoms with Gasteiger partial charge in [-0.2, -0.15) is 0 Å². The van der Waals surface area contributed by atoms with Crippen molar-refractivity contribution in [2.45, 2.75) is 38.6 Å². The molecule has 0 aromatic heterocycles. The fraction of sp³-hybridized carbons (Fsp3) is 0.533. The van der Waals surface area contributed by atoms with Crippen LogP contribution in [0.5, 0.6) is 5.75 Å². The maximum absolute atomic E-state index is 11.4. The maximum atomic E-state index is 11.4. The molecule has 0 fully saturated rings. The minimum absolute atomic E-state index is 0.0332. The van der Waals surface area contributed by atoms with Crippen molar-refractivity contribution in [2.24, 2.45) is 5.73 Å². The van der Waals surface area contributed by atoms with E-state index in [-0.39, 0.29) is 18.6 Å². The normalized spacial score (nSPS) is 17.1. The second-order valence-electron chi connectivity index (χ2n) is 4.87. The summed E-state index contributed by atoms with van der Waals surface area (Å²) in [6.07, 6.45) is 3.87. The lowest BCUT2D eigenvalue weighted by Gasteiger charge is -2.09. The number of esters is 1. The van der Waals surface area contributed by atoms with Gasteiger partial charge < -0.3 is 15.2 Å². The lowest BCUT2D eigenvalue weighted by Crippen LogP contribution is -2.15. The quantitative estimate of drug-likeness (QED) is 0.632. The van der Waals surface area contributed by atoms with Gasteiger partial charge in [-0.05, 0) is 42.5 Å². The molecule has 2 rings (SSSR count). The van der Waals surface area contributed by atoms with Crippen LogP contribution in [-0.4, -0.2) is 19.2 Å². The Balaban J connectivity index is 1.82. The van der Waals surface area contributed by atoms with Crippen molar-refractivity contribution < 1.29 is 14.3 Å². The number of benzene rings is 1. The Morgan fingerprint density at radius 1 is 1.47 bits per heavy atom. The van der Waals surface area contributed by atoms with E-state index in [9.17, 15) is 4.79 Å². The molecular weight excluding hydrogens is 242 g/mol. The summed E-state index contributed by atoms with van der Waals surface area (Å²) >= 11 is 0. The van der Waals surface area contributed by atoms with Crippen molar-refractivity contribution in [2.75, 3.05) is 13.2 Å². The second-order valence-corrected chi connectivity index (χ2v) is 4.87. The van der Waals surface area contributed by atoms with Crippen molar-refractivity contribution in [3.05, 3.63) is 29.3 Å². The van der Waals surface area contributed by atoms with E-state index in [0.29, 0.717) is 12.4 Å². The van der Waals surface area contributed by atoms with Gasteiger partial charge in [0.15, 0.2) is 6.61 Å². The van der Waals surface area contributed by atoms with E-state index in [0.717, 1.165) is 25.7 Å². The molecule has 0 spiro atoms. The Labute approximate surface area is 113 Å². The molecule has 0 saturated carbocycles. The fourth-order valence-electron chi connectivity index (χ4n) is 2.23. The Kier molecular flexibility index (Phi) is 4.80. The maximum Gasteiger partial charge on any atom is 0.344 e. The lowest BCUT2D eigenvalue weighted by atomic mass is 10.1. The summed E-state index contributed by atoms with van der Waals surface area (Å²) in [5.41, 5.74) is 8.39. The van der Waals surface area contributed by atoms with Gasteiger partial charge in [-0.3, -0.25) is 0 Å². The molecule has 1 aromatic rings. The number of aryl methyl sites for hydroxylation is 1. The minimum Gasteiger partial charge on any atom is -0.482 e. The van der Waals surface area contributed by atoms with Gasteiger partial charge in [0.25, 0.3) is 0 Å². The molecule has 1 aliphatic carbocycles. The molecule has 4 heteroatoms. The van der Waals surface area contributed by atoms with Gasteiger partial charge in [0.2, 0.25) is 0 Å². The van der Waals surface area contributed by atoms with E-state index in [1.807, 2.05) is 18.2 Å². The van der Waals surface area contributed by atoms with Crippen molar-refractivity contribution in [3.63, 3.8) is 0 Å². The molecule has 0 radical (unpaired) electrons. The Morgan fingerprint density at radius 3 is 3.11 bits per heavy atom. The lowest BCUT2D eigenvalue weighted by molar-refractivity contribution is -0.146. The first-order valence-corrected chi connectivity index (χ1v) is 6.87. The summed E-state index contributed by atoms with van der Waals surface area (Å²) in [6.45, 7) is 2.49. The standard InChI is InChI=1S/C15H21NO3/c1-2-3-8-18-15(17)10-19-12-5-6-13-11(9-12)4-7-14(13)16/h5-6,9,14H,2-4,7-8,10,16H2,1H3/t14-/m0/s1. The largest absolute Gasteiger partial charge is 0.482 e. The van der Waals surface area contributed by atoms with E-state index in [2.05, 4.69) is 6.92 Å².